The fourth-order valence-electron chi connectivity index (χ4n) is 3.95. The third-order valence-electron chi connectivity index (χ3n) is 5.57. The van der Waals surface area contributed by atoms with Crippen LogP contribution in [0.2, 0.25) is 0 Å². The highest BCUT2D eigenvalue weighted by molar-refractivity contribution is 6.05. The van der Waals surface area contributed by atoms with Gasteiger partial charge in [-0.2, -0.15) is 10.1 Å². The summed E-state index contributed by atoms with van der Waals surface area (Å²) in [6.07, 6.45) is 1.70. The Hall–Kier alpha value is -4.18. The van der Waals surface area contributed by atoms with Gasteiger partial charge in [0.1, 0.15) is 17.1 Å². The minimum Gasteiger partial charge on any atom is -0.497 e. The second-order valence-electron chi connectivity index (χ2n) is 7.63. The lowest BCUT2D eigenvalue weighted by Crippen LogP contribution is -2.37. The number of fused-ring (bicyclic) bond motifs is 3. The summed E-state index contributed by atoms with van der Waals surface area (Å²) in [4.78, 5) is 16.0. The monoisotopic (exact) mass is 443 g/mol. The van der Waals surface area contributed by atoms with Crippen molar-refractivity contribution >= 4 is 39.8 Å². The number of rotatable bonds is 5. The van der Waals surface area contributed by atoms with Crippen LogP contribution in [0.25, 0.3) is 33.5 Å². The van der Waals surface area contributed by atoms with Crippen LogP contribution in [-0.2, 0) is 4.74 Å². The number of hydrogen-bond acceptors (Lipinski definition) is 9. The van der Waals surface area contributed by atoms with E-state index in [1.807, 2.05) is 42.5 Å². The predicted molar refractivity (Wildman–Crippen MR) is 124 cm³/mol. The van der Waals surface area contributed by atoms with E-state index in [4.69, 9.17) is 23.9 Å². The van der Waals surface area contributed by atoms with Crippen molar-refractivity contribution in [2.75, 3.05) is 43.6 Å². The molecule has 0 bridgehead atoms. The van der Waals surface area contributed by atoms with Crippen LogP contribution >= 0.6 is 0 Å². The molecule has 0 atom stereocenters. The van der Waals surface area contributed by atoms with E-state index in [-0.39, 0.29) is 0 Å². The van der Waals surface area contributed by atoms with Gasteiger partial charge in [0.25, 0.3) is 0 Å². The maximum Gasteiger partial charge on any atom is 0.231 e. The molecule has 5 heterocycles. The Kier molecular flexibility index (Phi) is 4.76. The maximum absolute atomic E-state index is 6.05. The van der Waals surface area contributed by atoms with Crippen LogP contribution in [0.5, 0.6) is 5.75 Å². The maximum atomic E-state index is 6.05. The molecule has 0 spiro atoms. The molecule has 0 aliphatic carbocycles. The molecular weight excluding hydrogens is 422 g/mol. The van der Waals surface area contributed by atoms with Crippen LogP contribution in [-0.4, -0.2) is 58.6 Å². The largest absolute Gasteiger partial charge is 0.497 e. The molecule has 1 saturated heterocycles. The Morgan fingerprint density at radius 3 is 2.88 bits per heavy atom. The summed E-state index contributed by atoms with van der Waals surface area (Å²) in [5, 5.41) is 11.5. The van der Waals surface area contributed by atoms with Gasteiger partial charge in [-0.3, -0.25) is 5.10 Å². The van der Waals surface area contributed by atoms with Crippen LogP contribution in [0.4, 0.5) is 17.6 Å². The summed E-state index contributed by atoms with van der Waals surface area (Å²) in [6, 6.07) is 13.5. The lowest BCUT2D eigenvalue weighted by atomic mass is 10.1. The lowest BCUT2D eigenvalue weighted by Gasteiger charge is -2.27. The molecule has 0 saturated carbocycles. The number of anilines is 3. The van der Waals surface area contributed by atoms with E-state index < -0.39 is 0 Å². The molecule has 2 N–H and O–H groups in total. The number of nitrogens with zero attached hydrogens (tertiary/aromatic N) is 5. The number of nitrogens with one attached hydrogen (secondary N) is 2. The first kappa shape index (κ1) is 19.5. The molecule has 1 fully saturated rings. The average Bonchev–Trinajstić information content (AvgIpc) is 3.49. The second kappa shape index (κ2) is 8.06. The van der Waals surface area contributed by atoms with Crippen molar-refractivity contribution in [2.24, 2.45) is 0 Å². The highest BCUT2D eigenvalue weighted by atomic mass is 16.5. The Morgan fingerprint density at radius 1 is 1.09 bits per heavy atom. The van der Waals surface area contributed by atoms with E-state index in [1.165, 1.54) is 0 Å². The molecule has 0 radical (unpaired) electrons. The summed E-state index contributed by atoms with van der Waals surface area (Å²) in [7, 11) is 1.64. The fourth-order valence-corrected chi connectivity index (χ4v) is 3.95. The van der Waals surface area contributed by atoms with E-state index in [2.05, 4.69) is 25.4 Å². The molecule has 166 valence electrons. The number of furan rings is 1. The molecule has 6 rings (SSSR count). The van der Waals surface area contributed by atoms with Crippen LogP contribution in [0.1, 0.15) is 0 Å². The van der Waals surface area contributed by atoms with Gasteiger partial charge in [0, 0.05) is 30.9 Å². The number of ether oxygens (including phenoxy) is 2. The average molecular weight is 443 g/mol. The lowest BCUT2D eigenvalue weighted by molar-refractivity contribution is 0.122. The molecule has 1 aromatic carbocycles. The normalized spacial score (nSPS) is 14.2. The van der Waals surface area contributed by atoms with Crippen LogP contribution in [0.3, 0.4) is 0 Å². The van der Waals surface area contributed by atoms with E-state index in [1.54, 1.807) is 13.3 Å². The Labute approximate surface area is 188 Å². The molecule has 0 unspecified atom stereocenters. The first-order chi connectivity index (χ1) is 16.3. The number of pyridine rings is 1. The molecule has 5 aromatic rings. The number of morpholine rings is 1. The molecule has 4 aromatic heterocycles. The topological polar surface area (TPSA) is 114 Å². The summed E-state index contributed by atoms with van der Waals surface area (Å²) < 4.78 is 16.9. The van der Waals surface area contributed by atoms with Gasteiger partial charge in [0.05, 0.1) is 31.4 Å². The molecule has 1 aliphatic heterocycles. The molecule has 10 nitrogen and oxygen atoms in total. The quantitative estimate of drug-likeness (QED) is 0.419. The van der Waals surface area contributed by atoms with Crippen molar-refractivity contribution in [3.8, 4) is 17.0 Å². The van der Waals surface area contributed by atoms with Crippen LogP contribution in [0, 0.1) is 0 Å². The standard InChI is InChI=1S/C23H21N7O3/c1-31-15-5-2-4-14(12-15)17-13-18(29-28-17)25-23-26-19-16-6-3-7-24-22(16)33-20(19)21(27-23)30-8-10-32-11-9-30/h2-7,12-13H,8-11H2,1H3,(H2,25,26,27,28,29). The van der Waals surface area contributed by atoms with Gasteiger partial charge in [0.2, 0.25) is 11.7 Å². The Balaban J connectivity index is 1.40. The Bertz CT molecular complexity index is 1440. The molecule has 33 heavy (non-hydrogen) atoms. The highest BCUT2D eigenvalue weighted by Gasteiger charge is 2.22. The van der Waals surface area contributed by atoms with Crippen molar-refractivity contribution in [2.45, 2.75) is 0 Å². The zero-order valence-electron chi connectivity index (χ0n) is 17.9. The van der Waals surface area contributed by atoms with Gasteiger partial charge < -0.3 is 24.1 Å². The van der Waals surface area contributed by atoms with Crippen molar-refractivity contribution < 1.29 is 13.9 Å². The number of aromatic amines is 1. The number of aromatic nitrogens is 5. The van der Waals surface area contributed by atoms with Crippen molar-refractivity contribution in [1.82, 2.24) is 25.1 Å². The fraction of sp³-hybridized carbons (Fsp3) is 0.217. The van der Waals surface area contributed by atoms with Crippen LogP contribution < -0.4 is 15.0 Å². The summed E-state index contributed by atoms with van der Waals surface area (Å²) >= 11 is 0. The molecule has 0 amide bonds. The summed E-state index contributed by atoms with van der Waals surface area (Å²) in [5.74, 6) is 2.60. The molecule has 1 aliphatic rings. The van der Waals surface area contributed by atoms with Gasteiger partial charge in [0.15, 0.2) is 11.4 Å². The zero-order valence-corrected chi connectivity index (χ0v) is 17.9. The van der Waals surface area contributed by atoms with E-state index >= 15 is 0 Å². The van der Waals surface area contributed by atoms with Crippen molar-refractivity contribution in [1.29, 1.82) is 0 Å². The number of H-pyrrole nitrogens is 1. The van der Waals surface area contributed by atoms with E-state index in [0.29, 0.717) is 41.8 Å². The smallest absolute Gasteiger partial charge is 0.231 e. The molecular formula is C23H21N7O3. The summed E-state index contributed by atoms with van der Waals surface area (Å²) in [6.45, 7) is 2.72. The highest BCUT2D eigenvalue weighted by Crippen LogP contribution is 2.34. The zero-order chi connectivity index (χ0) is 22.2. The first-order valence-electron chi connectivity index (χ1n) is 10.6. The van der Waals surface area contributed by atoms with Gasteiger partial charge in [-0.05, 0) is 24.3 Å². The number of methoxy groups -OCH3 is 1. The number of benzene rings is 1. The summed E-state index contributed by atoms with van der Waals surface area (Å²) in [5.41, 5.74) is 3.59. The van der Waals surface area contributed by atoms with Crippen LogP contribution in [0.15, 0.2) is 53.1 Å². The minimum atomic E-state index is 0.441. The predicted octanol–water partition coefficient (Wildman–Crippen LogP) is 3.75. The third-order valence-corrected chi connectivity index (χ3v) is 5.57. The van der Waals surface area contributed by atoms with Gasteiger partial charge in [-0.1, -0.05) is 12.1 Å². The van der Waals surface area contributed by atoms with E-state index in [0.717, 1.165) is 41.3 Å². The Morgan fingerprint density at radius 2 is 2.00 bits per heavy atom. The van der Waals surface area contributed by atoms with Gasteiger partial charge in [-0.15, -0.1) is 0 Å². The third kappa shape index (κ3) is 3.60. The van der Waals surface area contributed by atoms with Crippen molar-refractivity contribution in [3.63, 3.8) is 0 Å². The SMILES string of the molecule is COc1cccc(-c2cc(Nc3nc(N4CCOCC4)c4oc5ncccc5c4n3)[nH]n2)c1. The first-order valence-corrected chi connectivity index (χ1v) is 10.6. The van der Waals surface area contributed by atoms with E-state index in [9.17, 15) is 0 Å². The van der Waals surface area contributed by atoms with Crippen molar-refractivity contribution in [3.05, 3.63) is 48.7 Å². The van der Waals surface area contributed by atoms with Gasteiger partial charge in [-0.25, -0.2) is 9.97 Å². The number of hydrogen-bond donors (Lipinski definition) is 2. The van der Waals surface area contributed by atoms with Gasteiger partial charge >= 0.3 is 0 Å². The second-order valence-corrected chi connectivity index (χ2v) is 7.63. The molecule has 10 heteroatoms. The minimum absolute atomic E-state index is 0.441.